The molecule has 1 saturated carbocycles. The van der Waals surface area contributed by atoms with E-state index in [0.29, 0.717) is 6.54 Å². The van der Waals surface area contributed by atoms with Gasteiger partial charge in [0.15, 0.2) is 0 Å². The number of aliphatic hydroxyl groups is 1. The van der Waals surface area contributed by atoms with Crippen LogP contribution < -0.4 is 5.32 Å². The van der Waals surface area contributed by atoms with Crippen LogP contribution in [-0.2, 0) is 0 Å². The Hall–Kier alpha value is -0.610. The zero-order valence-corrected chi connectivity index (χ0v) is 10.8. The van der Waals surface area contributed by atoms with Gasteiger partial charge in [0.25, 0.3) is 0 Å². The summed E-state index contributed by atoms with van der Waals surface area (Å²) in [7, 11) is 0. The van der Waals surface area contributed by atoms with E-state index in [1.807, 2.05) is 6.07 Å². The number of nitrogens with zero attached hydrogens (tertiary/aromatic N) is 1. The van der Waals surface area contributed by atoms with E-state index < -0.39 is 5.60 Å². The van der Waals surface area contributed by atoms with Crippen molar-refractivity contribution < 1.29 is 5.11 Å². The molecular weight excluding hydrogens is 268 g/mol. The van der Waals surface area contributed by atoms with E-state index >= 15 is 0 Å². The first-order chi connectivity index (χ1) is 7.68. The summed E-state index contributed by atoms with van der Waals surface area (Å²) in [6, 6.07) is 1.97. The van der Waals surface area contributed by atoms with Crippen LogP contribution in [0.5, 0.6) is 0 Å². The van der Waals surface area contributed by atoms with Crippen molar-refractivity contribution in [2.24, 2.45) is 0 Å². The van der Waals surface area contributed by atoms with E-state index in [1.54, 1.807) is 12.4 Å². The van der Waals surface area contributed by atoms with Crippen LogP contribution >= 0.6 is 15.9 Å². The smallest absolute Gasteiger partial charge is 0.0819 e. The van der Waals surface area contributed by atoms with Gasteiger partial charge in [0, 0.05) is 17.2 Å². The predicted octanol–water partition coefficient (Wildman–Crippen LogP) is 2.95. The summed E-state index contributed by atoms with van der Waals surface area (Å²) in [5.41, 5.74) is 0.425. The van der Waals surface area contributed by atoms with Crippen LogP contribution in [0.3, 0.4) is 0 Å². The largest absolute Gasteiger partial charge is 0.388 e. The highest BCUT2D eigenvalue weighted by Gasteiger charge is 2.28. The highest BCUT2D eigenvalue weighted by molar-refractivity contribution is 9.10. The molecule has 1 aliphatic carbocycles. The quantitative estimate of drug-likeness (QED) is 0.897. The van der Waals surface area contributed by atoms with Crippen LogP contribution in [0, 0.1) is 0 Å². The summed E-state index contributed by atoms with van der Waals surface area (Å²) >= 11 is 3.38. The predicted molar refractivity (Wildman–Crippen MR) is 68.5 cm³/mol. The molecule has 0 bridgehead atoms. The molecule has 1 aliphatic rings. The van der Waals surface area contributed by atoms with E-state index in [9.17, 15) is 5.11 Å². The van der Waals surface area contributed by atoms with Crippen molar-refractivity contribution in [3.05, 3.63) is 22.9 Å². The Morgan fingerprint density at radius 2 is 2.06 bits per heavy atom. The van der Waals surface area contributed by atoms with Gasteiger partial charge in [-0.15, -0.1) is 0 Å². The average Bonchev–Trinajstić information content (AvgIpc) is 2.28. The lowest BCUT2D eigenvalue weighted by Crippen LogP contribution is -2.38. The van der Waals surface area contributed by atoms with Crippen molar-refractivity contribution in [1.29, 1.82) is 0 Å². The molecule has 88 valence electrons. The number of hydrogen-bond donors (Lipinski definition) is 2. The molecule has 2 rings (SSSR count). The first-order valence-electron chi connectivity index (χ1n) is 5.75. The number of pyridine rings is 1. The molecule has 4 heteroatoms. The van der Waals surface area contributed by atoms with E-state index in [0.717, 1.165) is 35.8 Å². The molecule has 2 N–H and O–H groups in total. The summed E-state index contributed by atoms with van der Waals surface area (Å²) in [5, 5.41) is 13.6. The topological polar surface area (TPSA) is 45.1 Å². The molecule has 0 atom stereocenters. The minimum atomic E-state index is -0.527. The van der Waals surface area contributed by atoms with Gasteiger partial charge in [-0.1, -0.05) is 19.3 Å². The molecule has 3 nitrogen and oxygen atoms in total. The number of hydrogen-bond acceptors (Lipinski definition) is 3. The molecule has 0 unspecified atom stereocenters. The van der Waals surface area contributed by atoms with Gasteiger partial charge in [0.2, 0.25) is 0 Å². The lowest BCUT2D eigenvalue weighted by molar-refractivity contribution is 0.0167. The molecule has 1 heterocycles. The molecule has 0 aromatic carbocycles. The zero-order valence-electron chi connectivity index (χ0n) is 9.25. The van der Waals surface area contributed by atoms with Crippen molar-refractivity contribution >= 4 is 21.6 Å². The summed E-state index contributed by atoms with van der Waals surface area (Å²) in [6.45, 7) is 0.616. The Bertz CT molecular complexity index is 351. The van der Waals surface area contributed by atoms with Gasteiger partial charge in [0.05, 0.1) is 17.5 Å². The van der Waals surface area contributed by atoms with Gasteiger partial charge in [0.1, 0.15) is 0 Å². The fourth-order valence-electron chi connectivity index (χ4n) is 2.16. The molecule has 0 amide bonds. The molecule has 0 spiro atoms. The van der Waals surface area contributed by atoms with Crippen molar-refractivity contribution in [2.75, 3.05) is 11.9 Å². The van der Waals surface area contributed by atoms with E-state index in [-0.39, 0.29) is 0 Å². The SMILES string of the molecule is OC1(CNc2cncc(Br)c2)CCCCC1. The number of nitrogens with one attached hydrogen (secondary N) is 1. The van der Waals surface area contributed by atoms with Crippen molar-refractivity contribution in [1.82, 2.24) is 4.98 Å². The van der Waals surface area contributed by atoms with Crippen LogP contribution in [0.25, 0.3) is 0 Å². The molecule has 0 aliphatic heterocycles. The zero-order chi connectivity index (χ0) is 11.4. The van der Waals surface area contributed by atoms with Crippen LogP contribution in [0.15, 0.2) is 22.9 Å². The average molecular weight is 285 g/mol. The van der Waals surface area contributed by atoms with E-state index in [4.69, 9.17) is 0 Å². The Labute approximate surface area is 104 Å². The van der Waals surface area contributed by atoms with Gasteiger partial charge >= 0.3 is 0 Å². The lowest BCUT2D eigenvalue weighted by Gasteiger charge is -2.32. The summed E-state index contributed by atoms with van der Waals surface area (Å²) in [6.07, 6.45) is 8.85. The van der Waals surface area contributed by atoms with Crippen LogP contribution in [-0.4, -0.2) is 22.2 Å². The normalized spacial score (nSPS) is 19.4. The first-order valence-corrected chi connectivity index (χ1v) is 6.54. The van der Waals surface area contributed by atoms with Crippen LogP contribution in [0.2, 0.25) is 0 Å². The van der Waals surface area contributed by atoms with Gasteiger partial charge in [-0.05, 0) is 34.8 Å². The number of anilines is 1. The monoisotopic (exact) mass is 284 g/mol. The first kappa shape index (κ1) is 11.9. The van der Waals surface area contributed by atoms with Gasteiger partial charge in [-0.3, -0.25) is 4.98 Å². The van der Waals surface area contributed by atoms with Gasteiger partial charge in [-0.25, -0.2) is 0 Å². The molecular formula is C12H17BrN2O. The second kappa shape index (κ2) is 5.15. The highest BCUT2D eigenvalue weighted by Crippen LogP contribution is 2.28. The fourth-order valence-corrected chi connectivity index (χ4v) is 2.53. The fraction of sp³-hybridized carbons (Fsp3) is 0.583. The molecule has 16 heavy (non-hydrogen) atoms. The number of halogens is 1. The number of aromatic nitrogens is 1. The van der Waals surface area contributed by atoms with E-state index in [2.05, 4.69) is 26.2 Å². The molecule has 1 aromatic rings. The van der Waals surface area contributed by atoms with Crippen molar-refractivity contribution in [3.8, 4) is 0 Å². The standard InChI is InChI=1S/C12H17BrN2O/c13-10-6-11(8-14-7-10)15-9-12(16)4-2-1-3-5-12/h6-8,15-16H,1-5,9H2. The van der Waals surface area contributed by atoms with Crippen LogP contribution in [0.4, 0.5) is 5.69 Å². The Balaban J connectivity index is 1.91. The Morgan fingerprint density at radius 1 is 1.31 bits per heavy atom. The summed E-state index contributed by atoms with van der Waals surface area (Å²) in [4.78, 5) is 4.08. The third kappa shape index (κ3) is 3.19. The van der Waals surface area contributed by atoms with Gasteiger partial charge in [-0.2, -0.15) is 0 Å². The maximum atomic E-state index is 10.3. The minimum absolute atomic E-state index is 0.527. The highest BCUT2D eigenvalue weighted by atomic mass is 79.9. The minimum Gasteiger partial charge on any atom is -0.388 e. The molecule has 0 saturated heterocycles. The van der Waals surface area contributed by atoms with Crippen molar-refractivity contribution in [3.63, 3.8) is 0 Å². The van der Waals surface area contributed by atoms with Crippen LogP contribution in [0.1, 0.15) is 32.1 Å². The third-order valence-corrected chi connectivity index (χ3v) is 3.54. The second-order valence-electron chi connectivity index (χ2n) is 4.53. The van der Waals surface area contributed by atoms with Gasteiger partial charge < -0.3 is 10.4 Å². The Morgan fingerprint density at radius 3 is 2.75 bits per heavy atom. The maximum absolute atomic E-state index is 10.3. The van der Waals surface area contributed by atoms with E-state index in [1.165, 1.54) is 6.42 Å². The Kier molecular flexibility index (Phi) is 3.82. The summed E-state index contributed by atoms with van der Waals surface area (Å²) < 4.78 is 0.952. The molecule has 0 radical (unpaired) electrons. The maximum Gasteiger partial charge on any atom is 0.0819 e. The lowest BCUT2D eigenvalue weighted by atomic mass is 9.85. The second-order valence-corrected chi connectivity index (χ2v) is 5.45. The molecule has 1 aromatic heterocycles. The number of rotatable bonds is 3. The third-order valence-electron chi connectivity index (χ3n) is 3.11. The van der Waals surface area contributed by atoms with Crippen molar-refractivity contribution in [2.45, 2.75) is 37.7 Å². The summed E-state index contributed by atoms with van der Waals surface area (Å²) in [5.74, 6) is 0. The molecule has 1 fully saturated rings.